The average molecular weight is 547 g/mol. The lowest BCUT2D eigenvalue weighted by Gasteiger charge is -2.33. The maximum absolute atomic E-state index is 12.2. The summed E-state index contributed by atoms with van der Waals surface area (Å²) in [6.07, 6.45) is 7.55. The Morgan fingerprint density at radius 1 is 1.12 bits per heavy atom. The Morgan fingerprint density at radius 3 is 2.62 bits per heavy atom. The van der Waals surface area contributed by atoms with E-state index in [1.165, 1.54) is 11.1 Å². The number of H-pyrrole nitrogens is 1. The number of benzene rings is 2. The predicted molar refractivity (Wildman–Crippen MR) is 162 cm³/mol. The molecule has 1 amide bonds. The van der Waals surface area contributed by atoms with Crippen molar-refractivity contribution in [3.8, 4) is 0 Å². The molecule has 0 spiro atoms. The van der Waals surface area contributed by atoms with Crippen LogP contribution in [0.2, 0.25) is 0 Å². The van der Waals surface area contributed by atoms with E-state index < -0.39 is 0 Å². The summed E-state index contributed by atoms with van der Waals surface area (Å²) in [6, 6.07) is 12.8. The Labute approximate surface area is 238 Å². The topological polar surface area (TPSA) is 93.4 Å². The van der Waals surface area contributed by atoms with E-state index >= 15 is 0 Å². The van der Waals surface area contributed by atoms with Gasteiger partial charge in [0, 0.05) is 55.8 Å². The molecule has 1 aromatic heterocycles. The van der Waals surface area contributed by atoms with Crippen molar-refractivity contribution in [2.75, 3.05) is 38.5 Å². The first-order valence-corrected chi connectivity index (χ1v) is 14.6. The number of hydrogen-bond acceptors (Lipinski definition) is 6. The van der Waals surface area contributed by atoms with Crippen LogP contribution in [0.25, 0.3) is 10.9 Å². The first-order chi connectivity index (χ1) is 19.3. The van der Waals surface area contributed by atoms with Gasteiger partial charge in [0.05, 0.1) is 11.7 Å². The number of hydrogen-bond donors (Lipinski definition) is 3. The van der Waals surface area contributed by atoms with Crippen LogP contribution < -0.4 is 10.6 Å². The summed E-state index contributed by atoms with van der Waals surface area (Å²) in [4.78, 5) is 27.8. The van der Waals surface area contributed by atoms with Gasteiger partial charge in [0.25, 0.3) is 0 Å². The second-order valence-corrected chi connectivity index (χ2v) is 12.6. The molecular weight excluding hydrogens is 500 g/mol. The third-order valence-corrected chi connectivity index (χ3v) is 7.84. The van der Waals surface area contributed by atoms with Gasteiger partial charge in [-0.15, -0.1) is 0 Å². The standard InChI is InChI=1S/C32H46N6O2/c1-32(2,3)22-37(4)20-29-25(9-10-31-28(29)19-34-36-31)17-24(21-39)11-14-38-15-12-27(13-16-38)35-30-8-6-5-7-26(30)18-33-23-40/h5-10,19,21,23-24,27,35H,11-18,20,22H2,1-4H3,(H,33,40)(H,34,36)/t24-/m1/s1. The third kappa shape index (κ3) is 8.38. The third-order valence-electron chi connectivity index (χ3n) is 7.84. The summed E-state index contributed by atoms with van der Waals surface area (Å²) < 4.78 is 0. The van der Waals surface area contributed by atoms with E-state index in [9.17, 15) is 9.59 Å². The number of nitrogens with zero attached hydrogens (tertiary/aromatic N) is 3. The molecule has 2 heterocycles. The molecule has 1 atom stereocenters. The van der Waals surface area contributed by atoms with Crippen LogP contribution in [-0.2, 0) is 29.1 Å². The highest BCUT2D eigenvalue weighted by Gasteiger charge is 2.22. The normalized spacial score (nSPS) is 15.8. The number of carbonyl (C=O) groups is 2. The van der Waals surface area contributed by atoms with Gasteiger partial charge >= 0.3 is 0 Å². The highest BCUT2D eigenvalue weighted by Crippen LogP contribution is 2.27. The van der Waals surface area contributed by atoms with Crippen LogP contribution in [0.15, 0.2) is 42.6 Å². The van der Waals surface area contributed by atoms with Gasteiger partial charge in [0.15, 0.2) is 0 Å². The van der Waals surface area contributed by atoms with E-state index in [1.807, 2.05) is 24.4 Å². The van der Waals surface area contributed by atoms with Gasteiger partial charge in [-0.3, -0.25) is 9.89 Å². The van der Waals surface area contributed by atoms with Crippen molar-refractivity contribution in [1.82, 2.24) is 25.3 Å². The van der Waals surface area contributed by atoms with Gasteiger partial charge in [0.1, 0.15) is 6.29 Å². The van der Waals surface area contributed by atoms with Crippen LogP contribution in [-0.4, -0.2) is 72.0 Å². The summed E-state index contributed by atoms with van der Waals surface area (Å²) in [5.41, 5.74) is 5.98. The molecule has 2 aromatic carbocycles. The predicted octanol–water partition coefficient (Wildman–Crippen LogP) is 4.61. The zero-order valence-electron chi connectivity index (χ0n) is 24.6. The van der Waals surface area contributed by atoms with Crippen LogP contribution in [0.3, 0.4) is 0 Å². The van der Waals surface area contributed by atoms with Crippen molar-refractivity contribution < 1.29 is 9.59 Å². The van der Waals surface area contributed by atoms with Crippen LogP contribution in [0.1, 0.15) is 56.7 Å². The Hall–Kier alpha value is -3.23. The number of aromatic amines is 1. The number of rotatable bonds is 14. The minimum atomic E-state index is -0.0101. The molecular formula is C32H46N6O2. The number of likely N-dealkylation sites (tertiary alicyclic amines) is 1. The van der Waals surface area contributed by atoms with Gasteiger partial charge in [0.2, 0.25) is 6.41 Å². The largest absolute Gasteiger partial charge is 0.382 e. The smallest absolute Gasteiger partial charge is 0.207 e. The number of piperidine rings is 1. The lowest BCUT2D eigenvalue weighted by Crippen LogP contribution is -2.40. The van der Waals surface area contributed by atoms with E-state index in [0.717, 1.165) is 93.3 Å². The number of anilines is 1. The van der Waals surface area contributed by atoms with Gasteiger partial charge in [-0.05, 0) is 73.5 Å². The van der Waals surface area contributed by atoms with Crippen LogP contribution >= 0.6 is 0 Å². The number of aldehydes is 1. The summed E-state index contributed by atoms with van der Waals surface area (Å²) in [5.74, 6) is -0.0101. The van der Waals surface area contributed by atoms with Crippen molar-refractivity contribution in [3.63, 3.8) is 0 Å². The minimum Gasteiger partial charge on any atom is -0.382 e. The maximum Gasteiger partial charge on any atom is 0.207 e. The molecule has 1 fully saturated rings. The molecule has 0 saturated carbocycles. The first-order valence-electron chi connectivity index (χ1n) is 14.6. The lowest BCUT2D eigenvalue weighted by molar-refractivity contribution is -0.111. The van der Waals surface area contributed by atoms with Crippen molar-refractivity contribution in [2.24, 2.45) is 11.3 Å². The van der Waals surface area contributed by atoms with Crippen molar-refractivity contribution in [1.29, 1.82) is 0 Å². The molecule has 0 radical (unpaired) electrons. The average Bonchev–Trinajstić information content (AvgIpc) is 3.41. The molecule has 0 bridgehead atoms. The highest BCUT2D eigenvalue weighted by atomic mass is 16.1. The van der Waals surface area contributed by atoms with Gasteiger partial charge in [-0.25, -0.2) is 0 Å². The molecule has 4 rings (SSSR count). The number of fused-ring (bicyclic) bond motifs is 1. The lowest BCUT2D eigenvalue weighted by atomic mass is 9.91. The molecule has 8 nitrogen and oxygen atoms in total. The van der Waals surface area contributed by atoms with E-state index in [4.69, 9.17) is 0 Å². The van der Waals surface area contributed by atoms with Crippen LogP contribution in [0, 0.1) is 11.3 Å². The molecule has 216 valence electrons. The summed E-state index contributed by atoms with van der Waals surface area (Å²) in [6.45, 7) is 12.1. The molecule has 8 heteroatoms. The number of carbonyl (C=O) groups excluding carboxylic acids is 2. The SMILES string of the molecule is CN(Cc1c(C[C@H](C=O)CCN2CCC(Nc3ccccc3CNC=O)CC2)ccc2[nH]ncc12)CC(C)(C)C. The fourth-order valence-corrected chi connectivity index (χ4v) is 5.97. The van der Waals surface area contributed by atoms with Crippen molar-refractivity contribution in [2.45, 2.75) is 65.6 Å². The molecule has 0 unspecified atom stereocenters. The fraction of sp³-hybridized carbons (Fsp3) is 0.531. The number of para-hydroxylation sites is 1. The Kier molecular flexibility index (Phi) is 10.3. The molecule has 1 saturated heterocycles. The maximum atomic E-state index is 12.2. The quantitative estimate of drug-likeness (QED) is 0.256. The molecule has 1 aliphatic rings. The van der Waals surface area contributed by atoms with Gasteiger partial charge < -0.3 is 25.2 Å². The number of amides is 1. The first kappa shape index (κ1) is 29.7. The second-order valence-electron chi connectivity index (χ2n) is 12.6. The molecule has 40 heavy (non-hydrogen) atoms. The van der Waals surface area contributed by atoms with Crippen LogP contribution in [0.5, 0.6) is 0 Å². The van der Waals surface area contributed by atoms with Crippen LogP contribution in [0.4, 0.5) is 5.69 Å². The van der Waals surface area contributed by atoms with E-state index in [0.29, 0.717) is 12.6 Å². The number of nitrogens with one attached hydrogen (secondary N) is 3. The molecule has 3 N–H and O–H groups in total. The van der Waals surface area contributed by atoms with E-state index in [2.05, 4.69) is 76.6 Å². The summed E-state index contributed by atoms with van der Waals surface area (Å²) >= 11 is 0. The Morgan fingerprint density at radius 2 is 1.90 bits per heavy atom. The summed E-state index contributed by atoms with van der Waals surface area (Å²) in [7, 11) is 2.17. The van der Waals surface area contributed by atoms with Crippen molar-refractivity contribution in [3.05, 3.63) is 59.3 Å². The molecule has 3 aromatic rings. The van der Waals surface area contributed by atoms with E-state index in [1.54, 1.807) is 0 Å². The zero-order chi connectivity index (χ0) is 28.5. The zero-order valence-corrected chi connectivity index (χ0v) is 24.6. The monoisotopic (exact) mass is 546 g/mol. The van der Waals surface area contributed by atoms with E-state index in [-0.39, 0.29) is 11.3 Å². The second kappa shape index (κ2) is 13.9. The fourth-order valence-electron chi connectivity index (χ4n) is 5.97. The van der Waals surface area contributed by atoms with Gasteiger partial charge in [-0.2, -0.15) is 5.10 Å². The molecule has 1 aliphatic heterocycles. The highest BCUT2D eigenvalue weighted by molar-refractivity contribution is 5.83. The number of aromatic nitrogens is 2. The minimum absolute atomic E-state index is 0.0101. The Bertz CT molecular complexity index is 1240. The Balaban J connectivity index is 1.32. The summed E-state index contributed by atoms with van der Waals surface area (Å²) in [5, 5.41) is 15.0. The van der Waals surface area contributed by atoms with Crippen molar-refractivity contribution >= 4 is 29.3 Å². The molecule has 0 aliphatic carbocycles. The van der Waals surface area contributed by atoms with Gasteiger partial charge in [-0.1, -0.05) is 45.0 Å².